The number of amides is 1. The fourth-order valence-corrected chi connectivity index (χ4v) is 6.85. The number of carbonyl (C=O) groups is 1. The summed E-state index contributed by atoms with van der Waals surface area (Å²) in [4.78, 5) is 12.9. The van der Waals surface area contributed by atoms with Crippen LogP contribution in [0.1, 0.15) is 29.5 Å². The summed E-state index contributed by atoms with van der Waals surface area (Å²) in [5.41, 5.74) is 3.29. The molecule has 1 aliphatic carbocycles. The van der Waals surface area contributed by atoms with Gasteiger partial charge < -0.3 is 10.1 Å². The number of sulfonamides is 1. The van der Waals surface area contributed by atoms with Gasteiger partial charge in [-0.05, 0) is 67.1 Å². The first-order chi connectivity index (χ1) is 15.7. The summed E-state index contributed by atoms with van der Waals surface area (Å²) >= 11 is 0. The maximum absolute atomic E-state index is 12.9. The first-order valence-electron chi connectivity index (χ1n) is 11.0. The number of hydrogen-bond donors (Lipinski definition) is 1. The number of nitrogens with zero attached hydrogens (tertiary/aromatic N) is 1. The third-order valence-corrected chi connectivity index (χ3v) is 9.73. The molecule has 1 N–H and O–H groups in total. The quantitative estimate of drug-likeness (QED) is 0.635. The number of morpholine rings is 1. The molecule has 0 spiro atoms. The minimum Gasteiger partial charge on any atom is -0.379 e. The zero-order valence-corrected chi connectivity index (χ0v) is 20.2. The fraction of sp³-hybridized carbons (Fsp3) is 0.435. The van der Waals surface area contributed by atoms with Crippen molar-refractivity contribution in [2.75, 3.05) is 37.4 Å². The Kier molecular flexibility index (Phi) is 6.90. The first kappa shape index (κ1) is 23.9. The molecule has 2 aliphatic rings. The molecule has 1 amide bonds. The lowest BCUT2D eigenvalue weighted by molar-refractivity contribution is -0.115. The van der Waals surface area contributed by atoms with Gasteiger partial charge in [0.05, 0.1) is 28.8 Å². The summed E-state index contributed by atoms with van der Waals surface area (Å²) in [5, 5.41) is 2.68. The van der Waals surface area contributed by atoms with Crippen molar-refractivity contribution >= 4 is 31.5 Å². The van der Waals surface area contributed by atoms with Crippen molar-refractivity contribution in [2.24, 2.45) is 0 Å². The first-order valence-corrected chi connectivity index (χ1v) is 14.1. The number of nitrogens with one attached hydrogen (secondary N) is 1. The van der Waals surface area contributed by atoms with E-state index in [0.717, 1.165) is 24.8 Å². The summed E-state index contributed by atoms with van der Waals surface area (Å²) in [7, 11) is -7.31. The van der Waals surface area contributed by atoms with Crippen LogP contribution >= 0.6 is 0 Å². The van der Waals surface area contributed by atoms with E-state index in [0.29, 0.717) is 24.5 Å². The molecule has 178 valence electrons. The van der Waals surface area contributed by atoms with Crippen LogP contribution in [-0.4, -0.2) is 59.1 Å². The van der Waals surface area contributed by atoms with Crippen LogP contribution in [0.25, 0.3) is 0 Å². The van der Waals surface area contributed by atoms with Crippen molar-refractivity contribution < 1.29 is 26.4 Å². The maximum atomic E-state index is 12.9. The summed E-state index contributed by atoms with van der Waals surface area (Å²) in [5.74, 6) is -0.800. The van der Waals surface area contributed by atoms with Gasteiger partial charge in [-0.1, -0.05) is 12.1 Å². The van der Waals surface area contributed by atoms with Crippen LogP contribution in [0.2, 0.25) is 0 Å². The molecule has 10 heteroatoms. The molecule has 1 aliphatic heterocycles. The number of rotatable bonds is 7. The lowest BCUT2D eigenvalue weighted by atomic mass is 10.1. The Hall–Kier alpha value is -2.27. The molecule has 1 saturated heterocycles. The van der Waals surface area contributed by atoms with Crippen LogP contribution in [0.3, 0.4) is 0 Å². The van der Waals surface area contributed by atoms with Crippen LogP contribution in [0, 0.1) is 6.92 Å². The smallest absolute Gasteiger partial charge is 0.243 e. The molecular weight excluding hydrogens is 464 g/mol. The van der Waals surface area contributed by atoms with E-state index >= 15 is 0 Å². The van der Waals surface area contributed by atoms with E-state index in [1.165, 1.54) is 22.0 Å². The molecule has 0 aromatic heterocycles. The van der Waals surface area contributed by atoms with Crippen molar-refractivity contribution in [1.82, 2.24) is 4.31 Å². The third kappa shape index (κ3) is 5.29. The van der Waals surface area contributed by atoms with Crippen LogP contribution in [0.5, 0.6) is 0 Å². The van der Waals surface area contributed by atoms with Crippen molar-refractivity contribution in [2.45, 2.75) is 42.4 Å². The predicted molar refractivity (Wildman–Crippen MR) is 125 cm³/mol. The number of ether oxygens (including phenoxy) is 1. The zero-order chi connectivity index (χ0) is 23.6. The minimum absolute atomic E-state index is 0.0797. The van der Waals surface area contributed by atoms with Gasteiger partial charge in [-0.15, -0.1) is 0 Å². The highest BCUT2D eigenvalue weighted by atomic mass is 32.2. The Balaban J connectivity index is 1.43. The van der Waals surface area contributed by atoms with Gasteiger partial charge in [-0.25, -0.2) is 16.8 Å². The molecule has 8 nitrogen and oxygen atoms in total. The van der Waals surface area contributed by atoms with Gasteiger partial charge in [0.2, 0.25) is 15.9 Å². The van der Waals surface area contributed by atoms with Crippen LogP contribution in [0.15, 0.2) is 46.2 Å². The Bertz CT molecular complexity index is 1270. The molecule has 1 heterocycles. The Morgan fingerprint density at radius 2 is 1.67 bits per heavy atom. The van der Waals surface area contributed by atoms with Gasteiger partial charge in [0, 0.05) is 25.2 Å². The number of anilines is 1. The van der Waals surface area contributed by atoms with Crippen molar-refractivity contribution in [3.8, 4) is 0 Å². The van der Waals surface area contributed by atoms with Crippen LogP contribution in [0.4, 0.5) is 5.69 Å². The second-order valence-corrected chi connectivity index (χ2v) is 12.4. The Morgan fingerprint density at radius 1 is 0.970 bits per heavy atom. The number of sulfone groups is 1. The lowest BCUT2D eigenvalue weighted by Crippen LogP contribution is -2.40. The highest BCUT2D eigenvalue weighted by Gasteiger charge is 2.27. The van der Waals surface area contributed by atoms with Gasteiger partial charge in [-0.2, -0.15) is 4.31 Å². The molecule has 2 aromatic carbocycles. The summed E-state index contributed by atoms with van der Waals surface area (Å²) in [6, 6.07) is 9.76. The summed E-state index contributed by atoms with van der Waals surface area (Å²) < 4.78 is 57.9. The number of fused-ring (bicyclic) bond motifs is 1. The van der Waals surface area contributed by atoms with Crippen molar-refractivity contribution in [3.05, 3.63) is 53.1 Å². The molecule has 2 aromatic rings. The number of aryl methyl sites for hydroxylation is 3. The molecular formula is C23H28N2O6S2. The van der Waals surface area contributed by atoms with E-state index in [4.69, 9.17) is 4.74 Å². The van der Waals surface area contributed by atoms with E-state index in [2.05, 4.69) is 5.32 Å². The van der Waals surface area contributed by atoms with Gasteiger partial charge in [-0.3, -0.25) is 4.79 Å². The Labute approximate surface area is 194 Å². The minimum atomic E-state index is -3.71. The highest BCUT2D eigenvalue weighted by molar-refractivity contribution is 7.91. The predicted octanol–water partition coefficient (Wildman–Crippen LogP) is 2.31. The molecule has 0 atom stereocenters. The van der Waals surface area contributed by atoms with Crippen molar-refractivity contribution in [3.63, 3.8) is 0 Å². The molecule has 1 fully saturated rings. The average Bonchev–Trinajstić information content (AvgIpc) is 3.28. The topological polar surface area (TPSA) is 110 Å². The molecule has 4 rings (SSSR count). The average molecular weight is 493 g/mol. The standard InChI is InChI=1S/C23H28N2O6S2/c1-17-5-7-21(33(29,30)25-10-12-31-13-11-25)16-22(17)24-23(26)9-14-32(27,28)20-8-6-18-3-2-4-19(18)15-20/h5-8,15-16H,2-4,9-14H2,1H3,(H,24,26). The molecule has 0 bridgehead atoms. The van der Waals surface area contributed by atoms with Crippen LogP contribution in [-0.2, 0) is 42.2 Å². The van der Waals surface area contributed by atoms with Gasteiger partial charge in [0.25, 0.3) is 0 Å². The van der Waals surface area contributed by atoms with Gasteiger partial charge >= 0.3 is 0 Å². The van der Waals surface area contributed by atoms with Crippen molar-refractivity contribution in [1.29, 1.82) is 0 Å². The van der Waals surface area contributed by atoms with E-state index in [1.54, 1.807) is 25.1 Å². The van der Waals surface area contributed by atoms with Gasteiger partial charge in [0.15, 0.2) is 9.84 Å². The largest absolute Gasteiger partial charge is 0.379 e. The number of hydrogen-bond acceptors (Lipinski definition) is 6. The highest BCUT2D eigenvalue weighted by Crippen LogP contribution is 2.26. The molecule has 0 saturated carbocycles. The summed E-state index contributed by atoms with van der Waals surface area (Å²) in [6.07, 6.45) is 2.65. The SMILES string of the molecule is Cc1ccc(S(=O)(=O)N2CCOCC2)cc1NC(=O)CCS(=O)(=O)c1ccc2c(c1)CCC2. The molecule has 33 heavy (non-hydrogen) atoms. The van der Waals surface area contributed by atoms with E-state index in [-0.39, 0.29) is 35.1 Å². The van der Waals surface area contributed by atoms with E-state index < -0.39 is 25.8 Å². The van der Waals surface area contributed by atoms with Crippen LogP contribution < -0.4 is 5.32 Å². The van der Waals surface area contributed by atoms with Gasteiger partial charge in [0.1, 0.15) is 0 Å². The Morgan fingerprint density at radius 3 is 2.42 bits per heavy atom. The summed E-state index contributed by atoms with van der Waals surface area (Å²) in [6.45, 7) is 2.99. The third-order valence-electron chi connectivity index (χ3n) is 6.12. The second-order valence-electron chi connectivity index (χ2n) is 8.39. The van der Waals surface area contributed by atoms with E-state index in [9.17, 15) is 21.6 Å². The number of carbonyl (C=O) groups excluding carboxylic acids is 1. The second kappa shape index (κ2) is 9.54. The van der Waals surface area contributed by atoms with E-state index in [1.807, 2.05) is 6.07 Å². The monoisotopic (exact) mass is 492 g/mol. The fourth-order valence-electron chi connectivity index (χ4n) is 4.13. The molecule has 0 unspecified atom stereocenters. The maximum Gasteiger partial charge on any atom is 0.243 e. The molecule has 0 radical (unpaired) electrons. The number of benzene rings is 2. The normalized spacial score (nSPS) is 17.0. The zero-order valence-electron chi connectivity index (χ0n) is 18.5. The lowest BCUT2D eigenvalue weighted by Gasteiger charge is -2.26.